The summed E-state index contributed by atoms with van der Waals surface area (Å²) in [6, 6.07) is 13.3. The van der Waals surface area contributed by atoms with E-state index in [-0.39, 0.29) is 37.1 Å². The van der Waals surface area contributed by atoms with E-state index < -0.39 is 11.9 Å². The molecule has 2 saturated heterocycles. The number of nitrogens with one attached hydrogen (secondary N) is 4. The molecule has 14 heteroatoms. The van der Waals surface area contributed by atoms with Crippen LogP contribution in [-0.2, 0) is 30.5 Å². The number of anilines is 3. The van der Waals surface area contributed by atoms with Crippen molar-refractivity contribution in [3.8, 4) is 0 Å². The van der Waals surface area contributed by atoms with Crippen LogP contribution in [0.5, 0.6) is 0 Å². The molecule has 0 bridgehead atoms. The second-order valence-electron chi connectivity index (χ2n) is 13.7. The Labute approximate surface area is 299 Å². The molecular formula is C37H52N8O6. The lowest BCUT2D eigenvalue weighted by molar-refractivity contribution is -0.137. The number of imide groups is 1. The molecule has 1 saturated carbocycles. The van der Waals surface area contributed by atoms with E-state index in [9.17, 15) is 24.0 Å². The molecule has 6 rings (SSSR count). The number of nitrogens with two attached hydrogens (primary N) is 1. The maximum Gasteiger partial charge on any atom is 0.255 e. The van der Waals surface area contributed by atoms with Gasteiger partial charge in [0.1, 0.15) is 6.04 Å². The summed E-state index contributed by atoms with van der Waals surface area (Å²) in [5, 5.41) is 11.5. The lowest BCUT2D eigenvalue weighted by Crippen LogP contribution is -2.52. The molecule has 51 heavy (non-hydrogen) atoms. The minimum Gasteiger partial charge on any atom is -0.399 e. The number of rotatable bonds is 13. The van der Waals surface area contributed by atoms with Crippen LogP contribution in [0.2, 0.25) is 0 Å². The van der Waals surface area contributed by atoms with Gasteiger partial charge in [-0.05, 0) is 88.5 Å². The van der Waals surface area contributed by atoms with E-state index in [1.54, 1.807) is 18.2 Å². The average molecular weight is 705 g/mol. The average Bonchev–Trinajstić information content (AvgIpc) is 3.46. The van der Waals surface area contributed by atoms with E-state index in [0.717, 1.165) is 76.9 Å². The molecule has 5 amide bonds. The molecule has 3 heterocycles. The third kappa shape index (κ3) is 10.7. The quantitative estimate of drug-likeness (QED) is 0.0895. The predicted molar refractivity (Wildman–Crippen MR) is 195 cm³/mol. The number of carbonyl (C=O) groups excluding carboxylic acids is 5. The van der Waals surface area contributed by atoms with E-state index in [1.165, 1.54) is 10.6 Å². The molecule has 1 atom stereocenters. The van der Waals surface area contributed by atoms with Gasteiger partial charge in [0.15, 0.2) is 0 Å². The van der Waals surface area contributed by atoms with Gasteiger partial charge in [-0.2, -0.15) is 0 Å². The molecule has 0 radical (unpaired) electrons. The molecule has 276 valence electrons. The molecule has 0 spiro atoms. The number of likely N-dealkylation sites (N-methyl/N-ethyl adjacent to an activating group) is 1. The highest BCUT2D eigenvalue weighted by Gasteiger charge is 2.40. The first-order valence-electron chi connectivity index (χ1n) is 18.1. The fourth-order valence-electron chi connectivity index (χ4n) is 6.97. The second-order valence-corrected chi connectivity index (χ2v) is 13.7. The topological polar surface area (TPSA) is 178 Å². The zero-order valence-electron chi connectivity index (χ0n) is 29.5. The van der Waals surface area contributed by atoms with Gasteiger partial charge in [-0.3, -0.25) is 29.3 Å². The molecule has 1 unspecified atom stereocenters. The predicted octanol–water partition coefficient (Wildman–Crippen LogP) is 1.85. The number of nitrogen functional groups attached to an aromatic ring is 1. The number of nitrogens with zero attached hydrogens (tertiary/aromatic N) is 3. The van der Waals surface area contributed by atoms with Crippen LogP contribution in [-0.4, -0.2) is 111 Å². The van der Waals surface area contributed by atoms with Gasteiger partial charge in [0.05, 0.1) is 13.0 Å². The van der Waals surface area contributed by atoms with Gasteiger partial charge in [0, 0.05) is 86.0 Å². The largest absolute Gasteiger partial charge is 0.399 e. The smallest absolute Gasteiger partial charge is 0.255 e. The van der Waals surface area contributed by atoms with Crippen molar-refractivity contribution in [2.24, 2.45) is 0 Å². The summed E-state index contributed by atoms with van der Waals surface area (Å²) in [4.78, 5) is 65.9. The molecule has 0 aromatic heterocycles. The molecule has 2 aromatic rings. The Kier molecular flexibility index (Phi) is 13.8. The molecule has 3 aliphatic heterocycles. The molecular weight excluding hydrogens is 652 g/mol. The summed E-state index contributed by atoms with van der Waals surface area (Å²) in [6.45, 7) is 6.41. The van der Waals surface area contributed by atoms with Gasteiger partial charge in [-0.1, -0.05) is 6.07 Å². The summed E-state index contributed by atoms with van der Waals surface area (Å²) in [6.07, 6.45) is 6.39. The van der Waals surface area contributed by atoms with Crippen LogP contribution in [0.3, 0.4) is 0 Å². The van der Waals surface area contributed by atoms with Crippen molar-refractivity contribution in [1.82, 2.24) is 25.8 Å². The number of amides is 5. The van der Waals surface area contributed by atoms with Crippen LogP contribution in [0.4, 0.5) is 17.1 Å². The number of hydrogen-bond acceptors (Lipinski definition) is 10. The van der Waals surface area contributed by atoms with Crippen LogP contribution in [0.1, 0.15) is 67.3 Å². The van der Waals surface area contributed by atoms with Crippen molar-refractivity contribution in [3.05, 3.63) is 53.6 Å². The van der Waals surface area contributed by atoms with Crippen molar-refractivity contribution in [1.29, 1.82) is 0 Å². The number of hydrogen-bond donors (Lipinski definition) is 5. The van der Waals surface area contributed by atoms with Crippen LogP contribution in [0, 0.1) is 0 Å². The van der Waals surface area contributed by atoms with Gasteiger partial charge in [0.2, 0.25) is 24.1 Å². The molecule has 1 aliphatic carbocycles. The van der Waals surface area contributed by atoms with E-state index in [0.29, 0.717) is 48.5 Å². The van der Waals surface area contributed by atoms with Crippen molar-refractivity contribution in [2.75, 3.05) is 68.9 Å². The van der Waals surface area contributed by atoms with E-state index in [2.05, 4.69) is 50.2 Å². The molecule has 3 fully saturated rings. The number of ether oxygens (including phenoxy) is 1. The normalized spacial score (nSPS) is 22.1. The Hall–Kier alpha value is -4.53. The standard InChI is InChI=1S/C26H35N5O6.C11H17N3/c32-16-28-18-7-5-17(6-8-18)27-12-2-13-37-14-11-24(34)29-21-4-1-3-19-20(21)15-31(26(19)36)22-9-10-23(33)30-25(22)35;1-13-6-8-14(9-7-13)11-4-2-10(12)3-5-11/h1,3-4,16-18,22,27H,2,5-15H2,(H,28,32)(H,29,34)(H,30,33,35);2-5H,6-9,12H2,1H3. The van der Waals surface area contributed by atoms with E-state index in [1.807, 2.05) is 12.1 Å². The van der Waals surface area contributed by atoms with E-state index in [4.69, 9.17) is 10.5 Å². The van der Waals surface area contributed by atoms with Crippen LogP contribution in [0.25, 0.3) is 0 Å². The summed E-state index contributed by atoms with van der Waals surface area (Å²) in [5.41, 5.74) is 9.45. The highest BCUT2D eigenvalue weighted by molar-refractivity contribution is 6.06. The van der Waals surface area contributed by atoms with Crippen molar-refractivity contribution < 1.29 is 28.7 Å². The molecule has 2 aromatic carbocycles. The monoisotopic (exact) mass is 704 g/mol. The lowest BCUT2D eigenvalue weighted by atomic mass is 9.91. The van der Waals surface area contributed by atoms with Gasteiger partial charge >= 0.3 is 0 Å². The van der Waals surface area contributed by atoms with Gasteiger partial charge < -0.3 is 41.1 Å². The second kappa shape index (κ2) is 18.6. The first kappa shape index (κ1) is 37.7. The highest BCUT2D eigenvalue weighted by atomic mass is 16.5. The zero-order chi connectivity index (χ0) is 36.2. The molecule has 4 aliphatic rings. The van der Waals surface area contributed by atoms with Gasteiger partial charge in [0.25, 0.3) is 5.91 Å². The summed E-state index contributed by atoms with van der Waals surface area (Å²) < 4.78 is 5.62. The number of piperazine rings is 1. The summed E-state index contributed by atoms with van der Waals surface area (Å²) >= 11 is 0. The maximum atomic E-state index is 12.9. The summed E-state index contributed by atoms with van der Waals surface area (Å²) in [7, 11) is 2.17. The van der Waals surface area contributed by atoms with Gasteiger partial charge in [-0.25, -0.2) is 0 Å². The fraction of sp³-hybridized carbons (Fsp3) is 0.541. The van der Waals surface area contributed by atoms with Gasteiger partial charge in [-0.15, -0.1) is 0 Å². The van der Waals surface area contributed by atoms with Crippen LogP contribution >= 0.6 is 0 Å². The third-order valence-corrected chi connectivity index (χ3v) is 10.0. The Morgan fingerprint density at radius 3 is 2.39 bits per heavy atom. The number of benzene rings is 2. The Morgan fingerprint density at radius 1 is 0.961 bits per heavy atom. The number of fused-ring (bicyclic) bond motifs is 1. The van der Waals surface area contributed by atoms with Crippen molar-refractivity contribution in [2.45, 2.75) is 76.0 Å². The van der Waals surface area contributed by atoms with Crippen LogP contribution in [0.15, 0.2) is 42.5 Å². The minimum atomic E-state index is -0.696. The maximum absolute atomic E-state index is 12.9. The molecule has 14 nitrogen and oxygen atoms in total. The van der Waals surface area contributed by atoms with Crippen molar-refractivity contribution in [3.63, 3.8) is 0 Å². The fourth-order valence-corrected chi connectivity index (χ4v) is 6.97. The molecule has 6 N–H and O–H groups in total. The Morgan fingerprint density at radius 2 is 1.69 bits per heavy atom. The number of carbonyl (C=O) groups is 5. The van der Waals surface area contributed by atoms with Crippen molar-refractivity contribution >= 4 is 47.1 Å². The minimum absolute atomic E-state index is 0.190. The third-order valence-electron chi connectivity index (χ3n) is 10.0. The summed E-state index contributed by atoms with van der Waals surface area (Å²) in [5.74, 6) is -1.28. The SMILES string of the molecule is CN1CCN(c2ccc(N)cc2)CC1.O=CNC1CCC(NCCCOCCC(=O)Nc2cccc3c2CN(C2CCC(=O)NC2=O)C3=O)CC1. The first-order valence-corrected chi connectivity index (χ1v) is 18.1. The Balaban J connectivity index is 0.000000299. The number of piperidine rings is 1. The van der Waals surface area contributed by atoms with Crippen LogP contribution < -0.4 is 31.9 Å². The van der Waals surface area contributed by atoms with E-state index >= 15 is 0 Å². The highest BCUT2D eigenvalue weighted by Crippen LogP contribution is 2.32. The lowest BCUT2D eigenvalue weighted by Gasteiger charge is -2.34. The Bertz CT molecular complexity index is 1500. The zero-order valence-corrected chi connectivity index (χ0v) is 29.5. The first-order chi connectivity index (χ1) is 24.7.